The number of nitrogens with two attached hydrogens (primary N) is 1. The molecule has 1 saturated heterocycles. The number of hydrogen-bond acceptors (Lipinski definition) is 3. The van der Waals surface area contributed by atoms with Crippen LogP contribution in [0.15, 0.2) is 0 Å². The smallest absolute Gasteiger partial charge is 0.246 e. The molecule has 1 rings (SSSR count). The van der Waals surface area contributed by atoms with Crippen molar-refractivity contribution in [2.24, 2.45) is 5.73 Å². The predicted molar refractivity (Wildman–Crippen MR) is 34.3 cm³/mol. The van der Waals surface area contributed by atoms with Gasteiger partial charge in [0.05, 0.1) is 13.2 Å². The molecule has 58 valence electrons. The Morgan fingerprint density at radius 2 is 2.60 bits per heavy atom. The van der Waals surface area contributed by atoms with Crippen molar-refractivity contribution >= 4 is 5.91 Å². The van der Waals surface area contributed by atoms with Crippen LogP contribution in [0.1, 0.15) is 6.92 Å². The molecule has 1 fully saturated rings. The van der Waals surface area contributed by atoms with Crippen LogP contribution in [-0.4, -0.2) is 31.3 Å². The summed E-state index contributed by atoms with van der Waals surface area (Å²) in [4.78, 5) is 10.4. The van der Waals surface area contributed by atoms with Crippen molar-refractivity contribution in [1.29, 1.82) is 0 Å². The summed E-state index contributed by atoms with van der Waals surface area (Å²) in [5, 5.41) is 0. The molecule has 4 nitrogen and oxygen atoms in total. The third-order valence-corrected chi connectivity index (χ3v) is 1.34. The van der Waals surface area contributed by atoms with Gasteiger partial charge in [-0.05, 0) is 6.92 Å². The Hall–Kier alpha value is -0.610. The molecule has 0 aromatic carbocycles. The lowest BCUT2D eigenvalue weighted by atomic mass is 10.4. The summed E-state index contributed by atoms with van der Waals surface area (Å²) in [6, 6.07) is 0. The number of rotatable bonds is 4. The average molecular weight is 145 g/mol. The van der Waals surface area contributed by atoms with Gasteiger partial charge in [-0.2, -0.15) is 0 Å². The van der Waals surface area contributed by atoms with Crippen LogP contribution in [0.2, 0.25) is 0 Å². The molecule has 1 heterocycles. The first-order valence-electron chi connectivity index (χ1n) is 3.22. The minimum absolute atomic E-state index is 0.196. The molecule has 0 aliphatic carbocycles. The fourth-order valence-corrected chi connectivity index (χ4v) is 0.498. The van der Waals surface area contributed by atoms with Crippen molar-refractivity contribution < 1.29 is 14.3 Å². The lowest BCUT2D eigenvalue weighted by molar-refractivity contribution is -0.128. The summed E-state index contributed by atoms with van der Waals surface area (Å²) in [6.45, 7) is 2.85. The van der Waals surface area contributed by atoms with Crippen LogP contribution >= 0.6 is 0 Å². The Morgan fingerprint density at radius 3 is 3.00 bits per heavy atom. The topological polar surface area (TPSA) is 64.8 Å². The third kappa shape index (κ3) is 2.33. The molecule has 1 aliphatic heterocycles. The van der Waals surface area contributed by atoms with Gasteiger partial charge >= 0.3 is 0 Å². The van der Waals surface area contributed by atoms with Crippen molar-refractivity contribution in [3.8, 4) is 0 Å². The highest BCUT2D eigenvalue weighted by molar-refractivity contribution is 5.78. The summed E-state index contributed by atoms with van der Waals surface area (Å²) < 4.78 is 9.89. The number of amides is 1. The average Bonchev–Trinajstić information content (AvgIpc) is 2.64. The Bertz CT molecular complexity index is 133. The molecule has 0 bridgehead atoms. The Kier molecular flexibility index (Phi) is 2.24. The first-order chi connectivity index (χ1) is 4.70. The van der Waals surface area contributed by atoms with E-state index in [-0.39, 0.29) is 6.10 Å². The molecule has 0 aromatic rings. The SMILES string of the molecule is CC(OCC1CO1)C(N)=O. The molecule has 2 unspecified atom stereocenters. The second-order valence-electron chi connectivity index (χ2n) is 2.33. The Morgan fingerprint density at radius 1 is 2.00 bits per heavy atom. The van der Waals surface area contributed by atoms with E-state index in [0.29, 0.717) is 6.61 Å². The van der Waals surface area contributed by atoms with Crippen LogP contribution in [0.5, 0.6) is 0 Å². The number of epoxide rings is 1. The monoisotopic (exact) mass is 145 g/mol. The predicted octanol–water partition coefficient (Wildman–Crippen LogP) is -0.724. The van der Waals surface area contributed by atoms with E-state index in [0.717, 1.165) is 6.61 Å². The fourth-order valence-electron chi connectivity index (χ4n) is 0.498. The van der Waals surface area contributed by atoms with E-state index < -0.39 is 12.0 Å². The summed E-state index contributed by atoms with van der Waals surface area (Å²) in [6.07, 6.45) is -0.300. The van der Waals surface area contributed by atoms with Crippen LogP contribution in [0.4, 0.5) is 0 Å². The summed E-state index contributed by atoms with van der Waals surface area (Å²) >= 11 is 0. The Balaban J connectivity index is 2.05. The zero-order valence-corrected chi connectivity index (χ0v) is 5.87. The zero-order valence-electron chi connectivity index (χ0n) is 5.87. The maximum absolute atomic E-state index is 10.4. The van der Waals surface area contributed by atoms with Crippen molar-refractivity contribution in [2.75, 3.05) is 13.2 Å². The number of carbonyl (C=O) groups excluding carboxylic acids is 1. The third-order valence-electron chi connectivity index (χ3n) is 1.34. The first kappa shape index (κ1) is 7.50. The van der Waals surface area contributed by atoms with Crippen molar-refractivity contribution in [2.45, 2.75) is 19.1 Å². The molecule has 10 heavy (non-hydrogen) atoms. The first-order valence-corrected chi connectivity index (χ1v) is 3.22. The highest BCUT2D eigenvalue weighted by Gasteiger charge is 2.24. The van der Waals surface area contributed by atoms with Gasteiger partial charge in [-0.25, -0.2) is 0 Å². The molecule has 0 radical (unpaired) electrons. The minimum atomic E-state index is -0.496. The van der Waals surface area contributed by atoms with Gasteiger partial charge in [-0.1, -0.05) is 0 Å². The molecule has 2 N–H and O–H groups in total. The fraction of sp³-hybridized carbons (Fsp3) is 0.833. The zero-order chi connectivity index (χ0) is 7.56. The van der Waals surface area contributed by atoms with Crippen LogP contribution in [0.25, 0.3) is 0 Å². The Labute approximate surface area is 59.3 Å². The van der Waals surface area contributed by atoms with Crippen LogP contribution < -0.4 is 5.73 Å². The molecule has 4 heteroatoms. The molecular weight excluding hydrogens is 134 g/mol. The molecule has 1 aliphatic rings. The van der Waals surface area contributed by atoms with E-state index in [1.165, 1.54) is 0 Å². The molecular formula is C6H11NO3. The molecule has 0 aromatic heterocycles. The van der Waals surface area contributed by atoms with Gasteiger partial charge in [0.2, 0.25) is 5.91 Å². The van der Waals surface area contributed by atoms with Gasteiger partial charge in [0.25, 0.3) is 0 Å². The van der Waals surface area contributed by atoms with Crippen LogP contribution in [0, 0.1) is 0 Å². The van der Waals surface area contributed by atoms with Gasteiger partial charge in [0.15, 0.2) is 0 Å². The quantitative estimate of drug-likeness (QED) is 0.531. The minimum Gasteiger partial charge on any atom is -0.371 e. The standard InChI is InChI=1S/C6H11NO3/c1-4(6(7)8)9-2-5-3-10-5/h4-5H,2-3H2,1H3,(H2,7,8). The highest BCUT2D eigenvalue weighted by Crippen LogP contribution is 2.09. The number of primary amides is 1. The highest BCUT2D eigenvalue weighted by atomic mass is 16.6. The number of hydrogen-bond donors (Lipinski definition) is 1. The maximum atomic E-state index is 10.4. The van der Waals surface area contributed by atoms with E-state index in [1.807, 2.05) is 0 Å². The second-order valence-corrected chi connectivity index (χ2v) is 2.33. The lowest BCUT2D eigenvalue weighted by Crippen LogP contribution is -2.29. The van der Waals surface area contributed by atoms with Crippen molar-refractivity contribution in [1.82, 2.24) is 0 Å². The number of carbonyl (C=O) groups is 1. The second kappa shape index (κ2) is 2.98. The lowest BCUT2D eigenvalue weighted by Gasteiger charge is -2.06. The number of ether oxygens (including phenoxy) is 2. The summed E-state index contributed by atoms with van der Waals surface area (Å²) in [7, 11) is 0. The van der Waals surface area contributed by atoms with E-state index in [1.54, 1.807) is 6.92 Å². The van der Waals surface area contributed by atoms with Gasteiger partial charge in [0, 0.05) is 0 Å². The normalized spacial score (nSPS) is 25.9. The molecule has 2 atom stereocenters. The van der Waals surface area contributed by atoms with Crippen LogP contribution in [-0.2, 0) is 14.3 Å². The van der Waals surface area contributed by atoms with Gasteiger partial charge in [-0.15, -0.1) is 0 Å². The molecule has 0 spiro atoms. The summed E-state index contributed by atoms with van der Waals surface area (Å²) in [5.74, 6) is -0.430. The van der Waals surface area contributed by atoms with Crippen LogP contribution in [0.3, 0.4) is 0 Å². The molecule has 1 amide bonds. The van der Waals surface area contributed by atoms with E-state index >= 15 is 0 Å². The van der Waals surface area contributed by atoms with E-state index in [2.05, 4.69) is 0 Å². The molecule has 0 saturated carbocycles. The maximum Gasteiger partial charge on any atom is 0.246 e. The van der Waals surface area contributed by atoms with E-state index in [9.17, 15) is 4.79 Å². The van der Waals surface area contributed by atoms with Crippen molar-refractivity contribution in [3.63, 3.8) is 0 Å². The van der Waals surface area contributed by atoms with E-state index in [4.69, 9.17) is 15.2 Å². The van der Waals surface area contributed by atoms with Gasteiger partial charge < -0.3 is 15.2 Å². The van der Waals surface area contributed by atoms with Gasteiger partial charge in [-0.3, -0.25) is 4.79 Å². The summed E-state index contributed by atoms with van der Waals surface area (Å²) in [5.41, 5.74) is 4.94. The van der Waals surface area contributed by atoms with Gasteiger partial charge in [0.1, 0.15) is 12.2 Å². The van der Waals surface area contributed by atoms with Crippen molar-refractivity contribution in [3.05, 3.63) is 0 Å². The largest absolute Gasteiger partial charge is 0.371 e.